The molecule has 0 aromatic heterocycles. The second-order valence-corrected chi connectivity index (χ2v) is 9.17. The molecule has 0 heterocycles. The van der Waals surface area contributed by atoms with Gasteiger partial charge in [0.15, 0.2) is 0 Å². The Morgan fingerprint density at radius 1 is 0.591 bits per heavy atom. The molecule has 22 heavy (non-hydrogen) atoms. The van der Waals surface area contributed by atoms with Gasteiger partial charge in [0.25, 0.3) is 0 Å². The van der Waals surface area contributed by atoms with E-state index in [0.29, 0.717) is 5.92 Å². The van der Waals surface area contributed by atoms with Crippen molar-refractivity contribution in [1.29, 1.82) is 0 Å². The molecular weight excluding hydrogens is 272 g/mol. The van der Waals surface area contributed by atoms with Gasteiger partial charge in [-0.3, -0.25) is 0 Å². The molecule has 126 valence electrons. The minimum atomic E-state index is -0.239. The molecule has 4 aliphatic rings. The van der Waals surface area contributed by atoms with E-state index in [1.165, 1.54) is 89.9 Å². The molecule has 4 rings (SSSR count). The highest BCUT2D eigenvalue weighted by atomic mass is 16.3. The summed E-state index contributed by atoms with van der Waals surface area (Å²) >= 11 is 0. The number of aliphatic hydroxyl groups is 2. The molecule has 0 aromatic carbocycles. The van der Waals surface area contributed by atoms with Crippen LogP contribution in [0.1, 0.15) is 89.9 Å². The first-order valence-corrected chi connectivity index (χ1v) is 10.0. The quantitative estimate of drug-likeness (QED) is 0.695. The minimum absolute atomic E-state index is 0.152. The zero-order chi connectivity index (χ0) is 15.2. The highest BCUT2D eigenvalue weighted by Gasteiger charge is 2.58. The van der Waals surface area contributed by atoms with Crippen LogP contribution in [0, 0.1) is 22.7 Å². The SMILES string of the molecule is OC1C2C(CCCC13CCCCC3)CC1(CCCCC1)C2O. The molecule has 2 spiro atoms. The minimum Gasteiger partial charge on any atom is -0.392 e. The van der Waals surface area contributed by atoms with E-state index in [4.69, 9.17) is 0 Å². The van der Waals surface area contributed by atoms with Crippen LogP contribution in [-0.4, -0.2) is 22.4 Å². The van der Waals surface area contributed by atoms with Crippen molar-refractivity contribution < 1.29 is 10.2 Å². The van der Waals surface area contributed by atoms with Crippen molar-refractivity contribution in [2.24, 2.45) is 22.7 Å². The van der Waals surface area contributed by atoms with Crippen molar-refractivity contribution in [2.45, 2.75) is 102 Å². The van der Waals surface area contributed by atoms with Gasteiger partial charge in [0.05, 0.1) is 12.2 Å². The van der Waals surface area contributed by atoms with Crippen LogP contribution in [0.15, 0.2) is 0 Å². The molecule has 2 N–H and O–H groups in total. The predicted octanol–water partition coefficient (Wildman–Crippen LogP) is 4.43. The van der Waals surface area contributed by atoms with E-state index in [0.717, 1.165) is 0 Å². The van der Waals surface area contributed by atoms with Crippen LogP contribution in [0.4, 0.5) is 0 Å². The van der Waals surface area contributed by atoms with E-state index in [1.807, 2.05) is 0 Å². The van der Waals surface area contributed by atoms with Gasteiger partial charge >= 0.3 is 0 Å². The molecule has 0 saturated heterocycles. The third kappa shape index (κ3) is 2.28. The molecule has 0 bridgehead atoms. The van der Waals surface area contributed by atoms with E-state index >= 15 is 0 Å². The fraction of sp³-hybridized carbons (Fsp3) is 1.00. The molecule has 4 atom stereocenters. The Labute approximate surface area is 135 Å². The Morgan fingerprint density at radius 3 is 1.73 bits per heavy atom. The summed E-state index contributed by atoms with van der Waals surface area (Å²) in [6.07, 6.45) is 17.1. The summed E-state index contributed by atoms with van der Waals surface area (Å²) in [5.74, 6) is 0.767. The maximum absolute atomic E-state index is 11.4. The lowest BCUT2D eigenvalue weighted by Crippen LogP contribution is -2.47. The summed E-state index contributed by atoms with van der Waals surface area (Å²) < 4.78 is 0. The lowest BCUT2D eigenvalue weighted by molar-refractivity contribution is -0.0972. The third-order valence-corrected chi connectivity index (χ3v) is 8.15. The molecule has 0 aliphatic heterocycles. The standard InChI is InChI=1S/C20H34O2/c21-17-16-15(8-7-13-19(17)9-3-1-4-10-19)14-20(18(16)22)11-5-2-6-12-20/h15-18,21-22H,1-14H2. The number of hydrogen-bond acceptors (Lipinski definition) is 2. The molecule has 4 aliphatic carbocycles. The molecule has 0 amide bonds. The van der Waals surface area contributed by atoms with E-state index in [-0.39, 0.29) is 29.0 Å². The molecule has 2 heteroatoms. The number of hydrogen-bond donors (Lipinski definition) is 2. The van der Waals surface area contributed by atoms with Crippen molar-refractivity contribution in [2.75, 3.05) is 0 Å². The van der Waals surface area contributed by atoms with Crippen LogP contribution in [0.5, 0.6) is 0 Å². The Hall–Kier alpha value is -0.0800. The summed E-state index contributed by atoms with van der Waals surface area (Å²) in [4.78, 5) is 0. The highest BCUT2D eigenvalue weighted by Crippen LogP contribution is 2.60. The van der Waals surface area contributed by atoms with Gasteiger partial charge in [0.2, 0.25) is 0 Å². The first kappa shape index (κ1) is 15.4. The lowest BCUT2D eigenvalue weighted by Gasteiger charge is -2.45. The van der Waals surface area contributed by atoms with Crippen LogP contribution in [0.25, 0.3) is 0 Å². The van der Waals surface area contributed by atoms with Gasteiger partial charge < -0.3 is 10.2 Å². The van der Waals surface area contributed by atoms with Crippen LogP contribution < -0.4 is 0 Å². The fourth-order valence-electron chi connectivity index (χ4n) is 7.00. The second kappa shape index (κ2) is 5.77. The molecule has 2 nitrogen and oxygen atoms in total. The zero-order valence-corrected chi connectivity index (χ0v) is 14.1. The normalized spacial score (nSPS) is 43.9. The van der Waals surface area contributed by atoms with Crippen molar-refractivity contribution in [3.05, 3.63) is 0 Å². The summed E-state index contributed by atoms with van der Waals surface area (Å²) in [6.45, 7) is 0. The van der Waals surface area contributed by atoms with Crippen molar-refractivity contribution in [3.8, 4) is 0 Å². The fourth-order valence-corrected chi connectivity index (χ4v) is 7.00. The second-order valence-electron chi connectivity index (χ2n) is 9.17. The van der Waals surface area contributed by atoms with Gasteiger partial charge in [0, 0.05) is 5.92 Å². The smallest absolute Gasteiger partial charge is 0.0652 e. The largest absolute Gasteiger partial charge is 0.392 e. The summed E-state index contributed by atoms with van der Waals surface area (Å²) in [5, 5.41) is 22.6. The zero-order valence-electron chi connectivity index (χ0n) is 14.1. The van der Waals surface area contributed by atoms with Crippen molar-refractivity contribution >= 4 is 0 Å². The van der Waals surface area contributed by atoms with E-state index < -0.39 is 0 Å². The van der Waals surface area contributed by atoms with Crippen LogP contribution >= 0.6 is 0 Å². The predicted molar refractivity (Wildman–Crippen MR) is 88.5 cm³/mol. The average Bonchev–Trinajstić information content (AvgIpc) is 2.73. The molecule has 4 saturated carbocycles. The van der Waals surface area contributed by atoms with E-state index in [9.17, 15) is 10.2 Å². The van der Waals surface area contributed by atoms with Gasteiger partial charge in [-0.2, -0.15) is 0 Å². The first-order chi connectivity index (χ1) is 10.7. The van der Waals surface area contributed by atoms with Gasteiger partial charge in [-0.1, -0.05) is 44.9 Å². The summed E-state index contributed by atoms with van der Waals surface area (Å²) in [7, 11) is 0. The lowest BCUT2D eigenvalue weighted by atomic mass is 9.63. The highest BCUT2D eigenvalue weighted by molar-refractivity contribution is 5.08. The van der Waals surface area contributed by atoms with Gasteiger partial charge in [-0.15, -0.1) is 0 Å². The molecule has 4 unspecified atom stereocenters. The van der Waals surface area contributed by atoms with Crippen LogP contribution in [-0.2, 0) is 0 Å². The third-order valence-electron chi connectivity index (χ3n) is 8.15. The van der Waals surface area contributed by atoms with E-state index in [1.54, 1.807) is 0 Å². The maximum Gasteiger partial charge on any atom is 0.0652 e. The molecular formula is C20H34O2. The Morgan fingerprint density at radius 2 is 1.09 bits per heavy atom. The molecule has 0 radical (unpaired) electrons. The summed E-state index contributed by atoms with van der Waals surface area (Å²) in [5.41, 5.74) is 0.320. The van der Waals surface area contributed by atoms with E-state index in [2.05, 4.69) is 0 Å². The monoisotopic (exact) mass is 306 g/mol. The van der Waals surface area contributed by atoms with Crippen molar-refractivity contribution in [1.82, 2.24) is 0 Å². The Balaban J connectivity index is 1.61. The topological polar surface area (TPSA) is 40.5 Å². The van der Waals surface area contributed by atoms with Gasteiger partial charge in [-0.05, 0) is 61.7 Å². The van der Waals surface area contributed by atoms with Crippen molar-refractivity contribution in [3.63, 3.8) is 0 Å². The average molecular weight is 306 g/mol. The number of fused-ring (bicyclic) bond motifs is 1. The Kier molecular flexibility index (Phi) is 4.05. The van der Waals surface area contributed by atoms with Gasteiger partial charge in [0.1, 0.15) is 0 Å². The molecule has 4 fully saturated rings. The molecule has 0 aromatic rings. The van der Waals surface area contributed by atoms with Crippen LogP contribution in [0.2, 0.25) is 0 Å². The summed E-state index contributed by atoms with van der Waals surface area (Å²) in [6, 6.07) is 0. The van der Waals surface area contributed by atoms with Gasteiger partial charge in [-0.25, -0.2) is 0 Å². The Bertz CT molecular complexity index is 393. The number of aliphatic hydroxyl groups excluding tert-OH is 2. The number of rotatable bonds is 0. The maximum atomic E-state index is 11.4. The van der Waals surface area contributed by atoms with Crippen LogP contribution in [0.3, 0.4) is 0 Å². The first-order valence-electron chi connectivity index (χ1n) is 10.0.